The molecule has 1 unspecified atom stereocenters. The molecule has 5 N–H and O–H groups in total. The van der Waals surface area contributed by atoms with Crippen LogP contribution in [0.5, 0.6) is 0 Å². The summed E-state index contributed by atoms with van der Waals surface area (Å²) >= 11 is 0. The van der Waals surface area contributed by atoms with Crippen LogP contribution >= 0.6 is 0 Å². The van der Waals surface area contributed by atoms with E-state index in [1.54, 1.807) is 27.7 Å². The van der Waals surface area contributed by atoms with E-state index in [9.17, 15) is 39.9 Å². The Bertz CT molecular complexity index is 915. The van der Waals surface area contributed by atoms with Gasteiger partial charge >= 0.3 is 17.9 Å². The van der Waals surface area contributed by atoms with Crippen molar-refractivity contribution in [1.29, 1.82) is 0 Å². The molecular formula is C31H54O14. The molecule has 2 fully saturated rings. The van der Waals surface area contributed by atoms with Crippen LogP contribution < -0.4 is 0 Å². The predicted molar refractivity (Wildman–Crippen MR) is 157 cm³/mol. The zero-order valence-corrected chi connectivity index (χ0v) is 27.2. The third-order valence-corrected chi connectivity index (χ3v) is 8.24. The summed E-state index contributed by atoms with van der Waals surface area (Å²) in [5.41, 5.74) is 0. The molecule has 2 aliphatic rings. The van der Waals surface area contributed by atoms with Crippen molar-refractivity contribution in [1.82, 2.24) is 0 Å². The SMILES string of the molecule is CCCCCCCCCC(=O)O[C@@H]1[C@@H](OC(=O)C(C)CC)[C@@H](O[C@]2(CO)O[C@H](CO)[C@@H](O)[C@@H]2O)O[C@H](CO)[C@H]1OC(=O)C(C)C. The second kappa shape index (κ2) is 19.0. The summed E-state index contributed by atoms with van der Waals surface area (Å²) in [6, 6.07) is 0. The minimum atomic E-state index is -2.37. The van der Waals surface area contributed by atoms with Crippen molar-refractivity contribution in [3.63, 3.8) is 0 Å². The minimum absolute atomic E-state index is 0.0180. The maximum Gasteiger partial charge on any atom is 0.309 e. The molecule has 0 saturated carbocycles. The summed E-state index contributed by atoms with van der Waals surface area (Å²) < 4.78 is 34.5. The molecule has 2 rings (SSSR count). The molecule has 0 radical (unpaired) electrons. The van der Waals surface area contributed by atoms with Gasteiger partial charge in [0, 0.05) is 6.42 Å². The number of unbranched alkanes of at least 4 members (excludes halogenated alkanes) is 6. The Balaban J connectivity index is 2.44. The number of carbonyl (C=O) groups excluding carboxylic acids is 3. The number of aliphatic hydroxyl groups is 5. The molecule has 262 valence electrons. The van der Waals surface area contributed by atoms with Crippen LogP contribution in [0.1, 0.15) is 92.4 Å². The smallest absolute Gasteiger partial charge is 0.309 e. The number of hydrogen-bond donors (Lipinski definition) is 5. The fourth-order valence-corrected chi connectivity index (χ4v) is 5.11. The maximum atomic E-state index is 13.2. The molecule has 2 aliphatic heterocycles. The van der Waals surface area contributed by atoms with E-state index in [1.807, 2.05) is 0 Å². The average molecular weight is 651 g/mol. The second-order valence-corrected chi connectivity index (χ2v) is 12.2. The Morgan fingerprint density at radius 1 is 0.778 bits per heavy atom. The van der Waals surface area contributed by atoms with E-state index in [0.29, 0.717) is 12.8 Å². The molecule has 2 saturated heterocycles. The summed E-state index contributed by atoms with van der Waals surface area (Å²) in [5, 5.41) is 51.2. The van der Waals surface area contributed by atoms with Gasteiger partial charge in [0.05, 0.1) is 25.0 Å². The third kappa shape index (κ3) is 10.5. The van der Waals surface area contributed by atoms with Crippen LogP contribution in [0.3, 0.4) is 0 Å². The molecule has 14 heteroatoms. The van der Waals surface area contributed by atoms with Gasteiger partial charge in [-0.05, 0) is 12.8 Å². The molecule has 45 heavy (non-hydrogen) atoms. The van der Waals surface area contributed by atoms with Gasteiger partial charge in [-0.2, -0.15) is 0 Å². The number of ether oxygens (including phenoxy) is 6. The van der Waals surface area contributed by atoms with E-state index in [0.717, 1.165) is 38.5 Å². The Morgan fingerprint density at radius 3 is 1.91 bits per heavy atom. The van der Waals surface area contributed by atoms with E-state index in [2.05, 4.69) is 6.92 Å². The Labute approximate surface area is 265 Å². The van der Waals surface area contributed by atoms with E-state index < -0.39 is 104 Å². The highest BCUT2D eigenvalue weighted by molar-refractivity contribution is 5.73. The first-order valence-electron chi connectivity index (χ1n) is 16.2. The van der Waals surface area contributed by atoms with Crippen LogP contribution in [0.2, 0.25) is 0 Å². The van der Waals surface area contributed by atoms with Crippen LogP contribution in [0.25, 0.3) is 0 Å². The van der Waals surface area contributed by atoms with E-state index in [4.69, 9.17) is 28.4 Å². The monoisotopic (exact) mass is 650 g/mol. The molecule has 0 aliphatic carbocycles. The van der Waals surface area contributed by atoms with Gasteiger partial charge in [-0.1, -0.05) is 73.1 Å². The lowest BCUT2D eigenvalue weighted by molar-refractivity contribution is -0.384. The van der Waals surface area contributed by atoms with Crippen LogP contribution in [-0.2, 0) is 42.8 Å². The van der Waals surface area contributed by atoms with Gasteiger partial charge < -0.3 is 54.0 Å². The van der Waals surface area contributed by atoms with Gasteiger partial charge in [-0.3, -0.25) is 14.4 Å². The summed E-state index contributed by atoms with van der Waals surface area (Å²) in [4.78, 5) is 39.0. The lowest BCUT2D eigenvalue weighted by Gasteiger charge is -2.46. The molecule has 0 bridgehead atoms. The number of carbonyl (C=O) groups is 3. The fraction of sp³-hybridized carbons (Fsp3) is 0.903. The molecule has 0 aromatic carbocycles. The third-order valence-electron chi connectivity index (χ3n) is 8.24. The van der Waals surface area contributed by atoms with E-state index in [1.165, 1.54) is 0 Å². The highest BCUT2D eigenvalue weighted by Crippen LogP contribution is 2.38. The minimum Gasteiger partial charge on any atom is -0.455 e. The molecule has 0 aromatic rings. The molecule has 10 atom stereocenters. The fourth-order valence-electron chi connectivity index (χ4n) is 5.11. The Hall–Kier alpha value is -1.91. The number of hydrogen-bond acceptors (Lipinski definition) is 14. The zero-order chi connectivity index (χ0) is 33.7. The van der Waals surface area contributed by atoms with Gasteiger partial charge in [0.1, 0.15) is 31.0 Å². The normalized spacial score (nSPS) is 32.3. The molecular weight excluding hydrogens is 596 g/mol. The Morgan fingerprint density at radius 2 is 1.38 bits per heavy atom. The van der Waals surface area contributed by atoms with E-state index >= 15 is 0 Å². The van der Waals surface area contributed by atoms with E-state index in [-0.39, 0.29) is 6.42 Å². The van der Waals surface area contributed by atoms with Crippen molar-refractivity contribution < 1.29 is 68.3 Å². The largest absolute Gasteiger partial charge is 0.455 e. The topological polar surface area (TPSA) is 208 Å². The zero-order valence-electron chi connectivity index (χ0n) is 27.2. The molecule has 2 heterocycles. The first kappa shape index (κ1) is 39.3. The summed E-state index contributed by atoms with van der Waals surface area (Å²) in [6.07, 6.45) is -5.57. The maximum absolute atomic E-state index is 13.2. The van der Waals surface area contributed by atoms with Crippen molar-refractivity contribution in [2.45, 2.75) is 147 Å². The summed E-state index contributed by atoms with van der Waals surface area (Å²) in [5.74, 6) is -5.71. The van der Waals surface area contributed by atoms with Crippen molar-refractivity contribution in [3.05, 3.63) is 0 Å². The van der Waals surface area contributed by atoms with Crippen molar-refractivity contribution in [2.75, 3.05) is 19.8 Å². The van der Waals surface area contributed by atoms with Crippen molar-refractivity contribution in [2.24, 2.45) is 11.8 Å². The van der Waals surface area contributed by atoms with Gasteiger partial charge in [-0.25, -0.2) is 0 Å². The highest BCUT2D eigenvalue weighted by atomic mass is 16.8. The van der Waals surface area contributed by atoms with Crippen LogP contribution in [0.4, 0.5) is 0 Å². The van der Waals surface area contributed by atoms with Crippen molar-refractivity contribution >= 4 is 17.9 Å². The number of rotatable bonds is 19. The lowest BCUT2D eigenvalue weighted by atomic mass is 9.97. The van der Waals surface area contributed by atoms with Gasteiger partial charge in [0.2, 0.25) is 12.1 Å². The predicted octanol–water partition coefficient (Wildman–Crippen LogP) is 1.10. The summed E-state index contributed by atoms with van der Waals surface area (Å²) in [6.45, 7) is 6.14. The first-order chi connectivity index (χ1) is 21.4. The van der Waals surface area contributed by atoms with Gasteiger partial charge in [0.25, 0.3) is 0 Å². The Kier molecular flexibility index (Phi) is 16.6. The lowest BCUT2D eigenvalue weighted by Crippen LogP contribution is -2.65. The van der Waals surface area contributed by atoms with Crippen LogP contribution in [0.15, 0.2) is 0 Å². The number of aliphatic hydroxyl groups excluding tert-OH is 5. The van der Waals surface area contributed by atoms with Crippen LogP contribution in [0, 0.1) is 11.8 Å². The number of esters is 3. The second-order valence-electron chi connectivity index (χ2n) is 12.2. The molecule has 0 aromatic heterocycles. The standard InChI is InChI=1S/C31H54O14/c1-6-8-9-10-11-12-13-14-22(35)41-25-24(42-28(38)18(3)4)21(16-33)40-30(26(25)43-29(39)19(5)7-2)45-31(17-34)27(37)23(36)20(15-32)44-31/h18-21,23-27,30,32-34,36-37H,6-17H2,1-5H3/t19?,20-,21-,23-,24-,25+,26-,27+,30-,31+/m1/s1. The van der Waals surface area contributed by atoms with Crippen molar-refractivity contribution in [3.8, 4) is 0 Å². The average Bonchev–Trinajstić information content (AvgIpc) is 3.27. The molecule has 0 spiro atoms. The molecule has 14 nitrogen and oxygen atoms in total. The van der Waals surface area contributed by atoms with Gasteiger partial charge in [0.15, 0.2) is 18.3 Å². The first-order valence-corrected chi connectivity index (χ1v) is 16.2. The van der Waals surface area contributed by atoms with Crippen LogP contribution in [-0.4, -0.2) is 118 Å². The highest BCUT2D eigenvalue weighted by Gasteiger charge is 2.60. The quantitative estimate of drug-likeness (QED) is 0.0754. The molecule has 0 amide bonds. The summed E-state index contributed by atoms with van der Waals surface area (Å²) in [7, 11) is 0. The van der Waals surface area contributed by atoms with Gasteiger partial charge in [-0.15, -0.1) is 0 Å².